The summed E-state index contributed by atoms with van der Waals surface area (Å²) in [6.07, 6.45) is -7.14. The SMILES string of the molecule is Nc1nc2c(ncn2[C@@H]2O[C@H](CO)C(O)[C@@H]2OP(=O)(S)OC[C@H]2O[C@@H](n3cnc4c(N)ncnc43)[C@@H](O)C2O[PH](=O)S)c(=O)[nH]1. The topological polar surface area (TPSA) is 300 Å². The molecule has 4 unspecified atom stereocenters. The van der Waals surface area contributed by atoms with E-state index < -0.39 is 81.9 Å². The number of hydrogen-bond donors (Lipinski definition) is 8. The first-order chi connectivity index (χ1) is 21.4. The van der Waals surface area contributed by atoms with Crippen molar-refractivity contribution in [1.82, 2.24) is 39.0 Å². The number of fused-ring (bicyclic) bond motifs is 2. The number of nitrogens with one attached hydrogen (secondary N) is 1. The second-order valence-corrected chi connectivity index (χ2v) is 14.6. The molecule has 0 amide bonds. The van der Waals surface area contributed by atoms with Crippen molar-refractivity contribution < 1.29 is 47.5 Å². The van der Waals surface area contributed by atoms with Crippen LogP contribution in [0.4, 0.5) is 11.8 Å². The highest BCUT2D eigenvalue weighted by atomic mass is 32.7. The van der Waals surface area contributed by atoms with Gasteiger partial charge in [-0.05, 0) is 0 Å². The molecule has 10 atom stereocenters. The van der Waals surface area contributed by atoms with Gasteiger partial charge in [0.1, 0.15) is 48.5 Å². The number of nitrogen functional groups attached to an aromatic ring is 2. The smallest absolute Gasteiger partial charge is 0.386 e. The van der Waals surface area contributed by atoms with Gasteiger partial charge in [0.25, 0.3) is 5.56 Å². The zero-order valence-corrected chi connectivity index (χ0v) is 26.2. The lowest BCUT2D eigenvalue weighted by molar-refractivity contribution is -0.0545. The van der Waals surface area contributed by atoms with Gasteiger partial charge in [-0.15, -0.1) is 0 Å². The van der Waals surface area contributed by atoms with Gasteiger partial charge in [-0.1, -0.05) is 24.5 Å². The van der Waals surface area contributed by atoms with E-state index in [1.807, 2.05) is 0 Å². The Morgan fingerprint density at radius 2 is 1.71 bits per heavy atom. The highest BCUT2D eigenvalue weighted by molar-refractivity contribution is 8.44. The van der Waals surface area contributed by atoms with Crippen molar-refractivity contribution in [3.8, 4) is 0 Å². The average Bonchev–Trinajstić information content (AvgIpc) is 3.73. The maximum absolute atomic E-state index is 13.5. The van der Waals surface area contributed by atoms with E-state index in [1.165, 1.54) is 21.8 Å². The fourth-order valence-corrected chi connectivity index (χ4v) is 7.44. The number of hydrogen-bond acceptors (Lipinski definition) is 18. The fraction of sp³-hybridized carbons (Fsp3) is 0.500. The quantitative estimate of drug-likeness (QED) is 0.0707. The molecule has 6 rings (SSSR count). The fourth-order valence-electron chi connectivity index (χ4n) is 5.09. The first kappa shape index (κ1) is 32.3. The Hall–Kier alpha value is -2.66. The minimum Gasteiger partial charge on any atom is -0.394 e. The van der Waals surface area contributed by atoms with E-state index in [2.05, 4.69) is 54.4 Å². The molecule has 4 aromatic rings. The maximum Gasteiger partial charge on any atom is 0.386 e. The zero-order valence-electron chi connectivity index (χ0n) is 22.5. The lowest BCUT2D eigenvalue weighted by atomic mass is 10.1. The standard InChI is InChI=1S/C20H26N10O11P2S2/c21-14-8-15(24-3-23-14)29(4-25-8)18-11(33)12(40-42(35)44)7(39-18)2-37-43(36,45)41-13-10(32)6(1-31)38-19(13)30-5-26-9-16(30)27-20(22)28-17(9)34/h3-7,10-13,18-19,31-33,42H,1-2H2,(H,35,44)(H,36,45)(H2,21,23,24)(H3,22,27,28,34)/t6-,7-,10?,11+,12?,13+,18-,19-,43?/m1/s1. The molecule has 0 spiro atoms. The molecule has 2 saturated heterocycles. The molecule has 2 fully saturated rings. The second-order valence-electron chi connectivity index (χ2n) is 9.83. The predicted molar refractivity (Wildman–Crippen MR) is 159 cm³/mol. The highest BCUT2D eigenvalue weighted by Gasteiger charge is 2.51. The summed E-state index contributed by atoms with van der Waals surface area (Å²) in [4.78, 5) is 34.7. The van der Waals surface area contributed by atoms with E-state index in [1.54, 1.807) is 0 Å². The molecule has 0 aliphatic carbocycles. The molecule has 2 aliphatic rings. The van der Waals surface area contributed by atoms with Crippen LogP contribution in [0.3, 0.4) is 0 Å². The molecule has 0 saturated carbocycles. The van der Waals surface area contributed by atoms with Crippen molar-refractivity contribution in [3.05, 3.63) is 29.3 Å². The van der Waals surface area contributed by atoms with Crippen LogP contribution in [0.15, 0.2) is 23.8 Å². The van der Waals surface area contributed by atoms with Gasteiger partial charge < -0.3 is 40.8 Å². The molecule has 4 aromatic heterocycles. The number of ether oxygens (including phenoxy) is 2. The molecule has 21 nitrogen and oxygen atoms in total. The van der Waals surface area contributed by atoms with Crippen LogP contribution in [0.5, 0.6) is 0 Å². The molecular weight excluding hydrogens is 682 g/mol. The van der Waals surface area contributed by atoms with E-state index in [9.17, 15) is 29.2 Å². The average molecular weight is 709 g/mol. The van der Waals surface area contributed by atoms with E-state index in [4.69, 9.17) is 34.5 Å². The van der Waals surface area contributed by atoms with Crippen LogP contribution in [0, 0.1) is 0 Å². The van der Waals surface area contributed by atoms with Crippen LogP contribution >= 0.6 is 38.5 Å². The first-order valence-corrected chi connectivity index (χ1v) is 18.2. The third kappa shape index (κ3) is 6.11. The Morgan fingerprint density at radius 1 is 1.02 bits per heavy atom. The number of aliphatic hydroxyl groups excluding tert-OH is 3. The highest BCUT2D eigenvalue weighted by Crippen LogP contribution is 2.57. The van der Waals surface area contributed by atoms with Crippen LogP contribution < -0.4 is 17.0 Å². The molecule has 25 heteroatoms. The third-order valence-corrected chi connectivity index (χ3v) is 9.49. The third-order valence-electron chi connectivity index (χ3n) is 7.08. The number of aromatic amines is 1. The Morgan fingerprint density at radius 3 is 2.42 bits per heavy atom. The summed E-state index contributed by atoms with van der Waals surface area (Å²) >= 11 is 7.83. The summed E-state index contributed by atoms with van der Waals surface area (Å²) < 4.78 is 56.0. The van der Waals surface area contributed by atoms with E-state index >= 15 is 0 Å². The number of thiol groups is 2. The normalized spacial score (nSPS) is 30.7. The minimum absolute atomic E-state index is 0.0454. The molecule has 6 heterocycles. The van der Waals surface area contributed by atoms with Crippen molar-refractivity contribution in [3.63, 3.8) is 0 Å². The van der Waals surface area contributed by atoms with Crippen LogP contribution in [0.25, 0.3) is 22.3 Å². The molecular formula is C20H26N10O11P2S2. The monoisotopic (exact) mass is 708 g/mol. The van der Waals surface area contributed by atoms with Gasteiger partial charge in [0.15, 0.2) is 35.1 Å². The Bertz CT molecular complexity index is 1860. The van der Waals surface area contributed by atoms with Gasteiger partial charge in [0, 0.05) is 0 Å². The number of rotatable bonds is 10. The number of aliphatic hydroxyl groups is 3. The molecule has 45 heavy (non-hydrogen) atoms. The van der Waals surface area contributed by atoms with Crippen molar-refractivity contribution in [2.24, 2.45) is 0 Å². The Balaban J connectivity index is 1.22. The van der Waals surface area contributed by atoms with Gasteiger partial charge in [-0.25, -0.2) is 24.5 Å². The number of nitrogens with two attached hydrogens (primary N) is 2. The summed E-state index contributed by atoms with van der Waals surface area (Å²) in [5.41, 5.74) is 11.2. The van der Waals surface area contributed by atoms with E-state index in [-0.39, 0.29) is 34.1 Å². The van der Waals surface area contributed by atoms with Crippen LogP contribution in [0.1, 0.15) is 12.5 Å². The lowest BCUT2D eigenvalue weighted by Crippen LogP contribution is -2.36. The van der Waals surface area contributed by atoms with Crippen LogP contribution in [-0.2, 0) is 32.2 Å². The van der Waals surface area contributed by atoms with Crippen molar-refractivity contribution in [2.45, 2.75) is 49.1 Å². The number of H-pyrrole nitrogens is 1. The molecule has 0 radical (unpaired) electrons. The molecule has 244 valence electrons. The predicted octanol–water partition coefficient (Wildman–Crippen LogP) is -1.22. The molecule has 2 aliphatic heterocycles. The molecule has 0 aromatic carbocycles. The van der Waals surface area contributed by atoms with E-state index in [0.717, 1.165) is 6.33 Å². The summed E-state index contributed by atoms with van der Waals surface area (Å²) in [6, 6.07) is 0. The zero-order chi connectivity index (χ0) is 32.2. The lowest BCUT2D eigenvalue weighted by Gasteiger charge is -2.26. The van der Waals surface area contributed by atoms with Gasteiger partial charge in [0.05, 0.1) is 25.9 Å². The largest absolute Gasteiger partial charge is 0.394 e. The van der Waals surface area contributed by atoms with Crippen molar-refractivity contribution >= 4 is 72.6 Å². The van der Waals surface area contributed by atoms with Gasteiger partial charge >= 0.3 is 6.80 Å². The minimum atomic E-state index is -4.43. The van der Waals surface area contributed by atoms with E-state index in [0.29, 0.717) is 0 Å². The summed E-state index contributed by atoms with van der Waals surface area (Å²) in [5, 5.41) is 31.7. The number of aromatic nitrogens is 8. The van der Waals surface area contributed by atoms with Crippen LogP contribution in [-0.4, -0.2) is 104 Å². The number of imidazole rings is 2. The van der Waals surface area contributed by atoms with Gasteiger partial charge in [0.2, 0.25) is 13.2 Å². The maximum atomic E-state index is 13.5. The number of nitrogens with zero attached hydrogens (tertiary/aromatic N) is 7. The van der Waals surface area contributed by atoms with Gasteiger partial charge in [-0.2, -0.15) is 4.98 Å². The van der Waals surface area contributed by atoms with Crippen molar-refractivity contribution in [2.75, 3.05) is 24.7 Å². The van der Waals surface area contributed by atoms with Crippen molar-refractivity contribution in [1.29, 1.82) is 0 Å². The summed E-state index contributed by atoms with van der Waals surface area (Å²) in [7, 11) is -2.93. The summed E-state index contributed by atoms with van der Waals surface area (Å²) in [5.74, 6) is -0.147. The van der Waals surface area contributed by atoms with Crippen LogP contribution in [0.2, 0.25) is 0 Å². The first-order valence-electron chi connectivity index (χ1n) is 12.9. The second kappa shape index (κ2) is 12.5. The Kier molecular flexibility index (Phi) is 8.97. The van der Waals surface area contributed by atoms with Gasteiger partial charge in [-0.3, -0.25) is 32.5 Å². The molecule has 8 N–H and O–H groups in total. The summed E-state index contributed by atoms with van der Waals surface area (Å²) in [6.45, 7) is -5.68. The number of anilines is 2. The Labute approximate surface area is 261 Å². The molecule has 0 bridgehead atoms.